The van der Waals surface area contributed by atoms with Crippen LogP contribution in [0.4, 0.5) is 0 Å². The van der Waals surface area contributed by atoms with Crippen LogP contribution < -0.4 is 0 Å². The number of nitrogens with zero attached hydrogens (tertiary/aromatic N) is 1. The molecule has 1 aliphatic heterocycles. The highest BCUT2D eigenvalue weighted by Crippen LogP contribution is 2.19. The summed E-state index contributed by atoms with van der Waals surface area (Å²) >= 11 is 0. The van der Waals surface area contributed by atoms with E-state index >= 15 is 0 Å². The molecule has 2 rings (SSSR count). The van der Waals surface area contributed by atoms with E-state index in [1.165, 1.54) is 12.0 Å². The van der Waals surface area contributed by atoms with Crippen LogP contribution in [0.2, 0.25) is 0 Å². The van der Waals surface area contributed by atoms with Crippen LogP contribution in [0.1, 0.15) is 25.8 Å². The molecule has 0 bridgehead atoms. The monoisotopic (exact) mass is 227 g/mol. The second-order valence-electron chi connectivity index (χ2n) is 5.13. The Morgan fingerprint density at radius 1 is 1.06 bits per heavy atom. The predicted molar refractivity (Wildman–Crippen MR) is 73.2 cm³/mol. The third kappa shape index (κ3) is 3.77. The Kier molecular flexibility index (Phi) is 4.03. The molecule has 0 unspecified atom stereocenters. The van der Waals surface area contributed by atoms with Crippen LogP contribution in [-0.4, -0.2) is 4.90 Å². The highest BCUT2D eigenvalue weighted by Gasteiger charge is 2.08. The molecular weight excluding hydrogens is 206 g/mol. The topological polar surface area (TPSA) is 3.24 Å². The van der Waals surface area contributed by atoms with Crippen molar-refractivity contribution in [3.8, 4) is 0 Å². The lowest BCUT2D eigenvalue weighted by Gasteiger charge is -2.22. The van der Waals surface area contributed by atoms with E-state index in [9.17, 15) is 0 Å². The van der Waals surface area contributed by atoms with Crippen molar-refractivity contribution < 1.29 is 0 Å². The van der Waals surface area contributed by atoms with Gasteiger partial charge in [0.1, 0.15) is 0 Å². The lowest BCUT2D eigenvalue weighted by atomic mass is 9.96. The van der Waals surface area contributed by atoms with Crippen molar-refractivity contribution in [1.29, 1.82) is 0 Å². The van der Waals surface area contributed by atoms with Gasteiger partial charge in [-0.25, -0.2) is 0 Å². The molecule has 1 aromatic rings. The lowest BCUT2D eigenvalue weighted by molar-refractivity contribution is 0.459. The SMILES string of the molecule is CC(C)CC1C=CN(Cc2ccccc2)C=C1. The second-order valence-corrected chi connectivity index (χ2v) is 5.13. The van der Waals surface area contributed by atoms with E-state index in [1.54, 1.807) is 0 Å². The molecule has 1 nitrogen and oxygen atoms in total. The first-order chi connectivity index (χ1) is 8.24. The summed E-state index contributed by atoms with van der Waals surface area (Å²) in [6, 6.07) is 10.6. The third-order valence-electron chi connectivity index (χ3n) is 3.00. The van der Waals surface area contributed by atoms with E-state index < -0.39 is 0 Å². The number of hydrogen-bond donors (Lipinski definition) is 0. The molecular formula is C16H21N. The van der Waals surface area contributed by atoms with Gasteiger partial charge in [0.15, 0.2) is 0 Å². The molecule has 0 N–H and O–H groups in total. The first-order valence-corrected chi connectivity index (χ1v) is 6.40. The minimum absolute atomic E-state index is 0.613. The van der Waals surface area contributed by atoms with E-state index in [4.69, 9.17) is 0 Å². The quantitative estimate of drug-likeness (QED) is 0.745. The summed E-state index contributed by atoms with van der Waals surface area (Å²) < 4.78 is 0. The third-order valence-corrected chi connectivity index (χ3v) is 3.00. The molecule has 1 heteroatoms. The van der Waals surface area contributed by atoms with Crippen molar-refractivity contribution in [2.45, 2.75) is 26.8 Å². The van der Waals surface area contributed by atoms with Crippen molar-refractivity contribution in [3.05, 3.63) is 60.4 Å². The Morgan fingerprint density at radius 3 is 2.29 bits per heavy atom. The average Bonchev–Trinajstić information content (AvgIpc) is 2.32. The lowest BCUT2D eigenvalue weighted by Crippen LogP contribution is -2.14. The summed E-state index contributed by atoms with van der Waals surface area (Å²) in [7, 11) is 0. The van der Waals surface area contributed by atoms with Crippen molar-refractivity contribution in [1.82, 2.24) is 4.90 Å². The fourth-order valence-corrected chi connectivity index (χ4v) is 2.16. The molecule has 1 aromatic carbocycles. The Bertz CT molecular complexity index is 375. The zero-order chi connectivity index (χ0) is 12.1. The van der Waals surface area contributed by atoms with Gasteiger partial charge in [0.25, 0.3) is 0 Å². The Morgan fingerprint density at radius 2 is 1.71 bits per heavy atom. The molecule has 1 aliphatic rings. The molecule has 1 heterocycles. The van der Waals surface area contributed by atoms with Crippen LogP contribution >= 0.6 is 0 Å². The zero-order valence-corrected chi connectivity index (χ0v) is 10.7. The maximum absolute atomic E-state index is 2.31. The van der Waals surface area contributed by atoms with Crippen molar-refractivity contribution in [2.75, 3.05) is 0 Å². The molecule has 0 radical (unpaired) electrons. The van der Waals surface area contributed by atoms with E-state index in [0.717, 1.165) is 12.5 Å². The first kappa shape index (κ1) is 12.0. The van der Waals surface area contributed by atoms with Crippen molar-refractivity contribution in [2.24, 2.45) is 11.8 Å². The van der Waals surface area contributed by atoms with Crippen LogP contribution in [0.25, 0.3) is 0 Å². The summed E-state index contributed by atoms with van der Waals surface area (Å²) in [5.74, 6) is 1.37. The van der Waals surface area contributed by atoms with Gasteiger partial charge in [-0.1, -0.05) is 56.3 Å². The van der Waals surface area contributed by atoms with Gasteiger partial charge in [-0.15, -0.1) is 0 Å². The van der Waals surface area contributed by atoms with Crippen LogP contribution in [-0.2, 0) is 6.54 Å². The smallest absolute Gasteiger partial charge is 0.0469 e. The normalized spacial score (nSPS) is 15.8. The van der Waals surface area contributed by atoms with Crippen LogP contribution in [0.15, 0.2) is 54.9 Å². The molecule has 0 saturated carbocycles. The summed E-state index contributed by atoms with van der Waals surface area (Å²) in [6.45, 7) is 5.51. The summed E-state index contributed by atoms with van der Waals surface area (Å²) in [5, 5.41) is 0. The van der Waals surface area contributed by atoms with Gasteiger partial charge in [0.05, 0.1) is 0 Å². The number of hydrogen-bond acceptors (Lipinski definition) is 1. The van der Waals surface area contributed by atoms with Gasteiger partial charge in [0.2, 0.25) is 0 Å². The number of benzene rings is 1. The van der Waals surface area contributed by atoms with Crippen molar-refractivity contribution >= 4 is 0 Å². The van der Waals surface area contributed by atoms with Crippen LogP contribution in [0.5, 0.6) is 0 Å². The number of allylic oxidation sites excluding steroid dienone is 2. The summed E-state index contributed by atoms with van der Waals surface area (Å²) in [5.41, 5.74) is 1.35. The first-order valence-electron chi connectivity index (χ1n) is 6.40. The molecule has 0 spiro atoms. The Labute approximate surface area is 104 Å². The molecule has 17 heavy (non-hydrogen) atoms. The molecule has 0 atom stereocenters. The van der Waals surface area contributed by atoms with E-state index in [2.05, 4.69) is 73.6 Å². The van der Waals surface area contributed by atoms with E-state index in [-0.39, 0.29) is 0 Å². The maximum atomic E-state index is 2.31. The molecule has 0 fully saturated rings. The van der Waals surface area contributed by atoms with E-state index in [0.29, 0.717) is 5.92 Å². The minimum Gasteiger partial charge on any atom is -0.351 e. The van der Waals surface area contributed by atoms with Crippen LogP contribution in [0, 0.1) is 11.8 Å². The highest BCUT2D eigenvalue weighted by atomic mass is 15.1. The predicted octanol–water partition coefficient (Wildman–Crippen LogP) is 4.19. The fraction of sp³-hybridized carbons (Fsp3) is 0.375. The second kappa shape index (κ2) is 5.72. The minimum atomic E-state index is 0.613. The maximum Gasteiger partial charge on any atom is 0.0469 e. The molecule has 90 valence electrons. The van der Waals surface area contributed by atoms with Gasteiger partial charge in [-0.05, 0) is 23.8 Å². The molecule has 0 amide bonds. The zero-order valence-electron chi connectivity index (χ0n) is 10.7. The Balaban J connectivity index is 1.89. The average molecular weight is 227 g/mol. The standard InChI is InChI=1S/C16H21N/c1-14(2)12-15-8-10-17(11-9-15)13-16-6-4-3-5-7-16/h3-11,14-15H,12-13H2,1-2H3. The molecule has 0 aromatic heterocycles. The molecule has 0 saturated heterocycles. The molecule has 0 aliphatic carbocycles. The van der Waals surface area contributed by atoms with Crippen molar-refractivity contribution in [3.63, 3.8) is 0 Å². The number of rotatable bonds is 4. The largest absolute Gasteiger partial charge is 0.351 e. The van der Waals surface area contributed by atoms with Crippen LogP contribution in [0.3, 0.4) is 0 Å². The highest BCUT2D eigenvalue weighted by molar-refractivity contribution is 5.17. The van der Waals surface area contributed by atoms with E-state index in [1.807, 2.05) is 0 Å². The summed E-state index contributed by atoms with van der Waals surface area (Å²) in [6.07, 6.45) is 10.3. The van der Waals surface area contributed by atoms with Gasteiger partial charge < -0.3 is 4.90 Å². The Hall–Kier alpha value is -1.50. The van der Waals surface area contributed by atoms with Gasteiger partial charge in [-0.2, -0.15) is 0 Å². The fourth-order valence-electron chi connectivity index (χ4n) is 2.16. The summed E-state index contributed by atoms with van der Waals surface area (Å²) in [4.78, 5) is 2.24. The van der Waals surface area contributed by atoms with Gasteiger partial charge >= 0.3 is 0 Å². The van der Waals surface area contributed by atoms with Gasteiger partial charge in [-0.3, -0.25) is 0 Å². The van der Waals surface area contributed by atoms with Gasteiger partial charge in [0, 0.05) is 18.9 Å².